The Kier molecular flexibility index (Phi) is 5.33. The van der Waals surface area contributed by atoms with Crippen molar-refractivity contribution in [3.63, 3.8) is 0 Å². The predicted molar refractivity (Wildman–Crippen MR) is 84.0 cm³/mol. The minimum Gasteiger partial charge on any atom is -0.481 e. The molecule has 0 aromatic carbocycles. The second-order valence-electron chi connectivity index (χ2n) is 4.38. The lowest BCUT2D eigenvalue weighted by molar-refractivity contribution is -0.138. The summed E-state index contributed by atoms with van der Waals surface area (Å²) in [5.74, 6) is -1.06. The minimum atomic E-state index is -0.917. The van der Waals surface area contributed by atoms with Gasteiger partial charge in [-0.25, -0.2) is 4.98 Å². The van der Waals surface area contributed by atoms with E-state index in [1.807, 2.05) is 17.5 Å². The summed E-state index contributed by atoms with van der Waals surface area (Å²) in [6.45, 7) is 0.200. The second kappa shape index (κ2) is 7.02. The lowest BCUT2D eigenvalue weighted by Crippen LogP contribution is -2.30. The Morgan fingerprint density at radius 1 is 1.43 bits per heavy atom. The zero-order valence-corrected chi connectivity index (χ0v) is 13.6. The molecular formula is C13H13ClN2O3S2. The van der Waals surface area contributed by atoms with Gasteiger partial charge in [-0.15, -0.1) is 22.7 Å². The van der Waals surface area contributed by atoms with Crippen molar-refractivity contribution in [2.75, 3.05) is 13.6 Å². The van der Waals surface area contributed by atoms with Gasteiger partial charge >= 0.3 is 5.97 Å². The largest absolute Gasteiger partial charge is 0.481 e. The molecule has 0 aliphatic carbocycles. The number of amides is 1. The molecule has 0 aliphatic rings. The maximum atomic E-state index is 12.0. The van der Waals surface area contributed by atoms with Crippen molar-refractivity contribution in [1.82, 2.24) is 9.88 Å². The van der Waals surface area contributed by atoms with E-state index in [0.717, 1.165) is 9.88 Å². The summed E-state index contributed by atoms with van der Waals surface area (Å²) in [6.07, 6.45) is 0.115. The lowest BCUT2D eigenvalue weighted by Gasteiger charge is -2.14. The number of hydrogen-bond donors (Lipinski definition) is 1. The van der Waals surface area contributed by atoms with Gasteiger partial charge in [-0.05, 0) is 12.1 Å². The quantitative estimate of drug-likeness (QED) is 0.874. The Hall–Kier alpha value is -1.44. The van der Waals surface area contributed by atoms with Gasteiger partial charge in [0.05, 0.1) is 27.7 Å². The zero-order chi connectivity index (χ0) is 15.4. The van der Waals surface area contributed by atoms with E-state index >= 15 is 0 Å². The third-order valence-electron chi connectivity index (χ3n) is 2.75. The van der Waals surface area contributed by atoms with Crippen LogP contribution in [0.4, 0.5) is 0 Å². The fourth-order valence-electron chi connectivity index (χ4n) is 1.61. The van der Waals surface area contributed by atoms with Crippen molar-refractivity contribution >= 4 is 46.2 Å². The van der Waals surface area contributed by atoms with Crippen molar-refractivity contribution in [1.29, 1.82) is 0 Å². The van der Waals surface area contributed by atoms with Crippen LogP contribution in [0, 0.1) is 0 Å². The Bertz CT molecular complexity index is 653. The number of carbonyl (C=O) groups is 2. The Morgan fingerprint density at radius 2 is 2.19 bits per heavy atom. The molecule has 2 aromatic heterocycles. The summed E-state index contributed by atoms with van der Waals surface area (Å²) in [7, 11) is 1.59. The molecule has 2 aromatic rings. The van der Waals surface area contributed by atoms with Crippen LogP contribution >= 0.6 is 34.3 Å². The van der Waals surface area contributed by atoms with Crippen LogP contribution in [-0.4, -0.2) is 40.5 Å². The van der Waals surface area contributed by atoms with E-state index in [1.54, 1.807) is 7.05 Å². The average Bonchev–Trinajstić information content (AvgIpc) is 3.04. The Morgan fingerprint density at radius 3 is 2.81 bits per heavy atom. The number of likely N-dealkylation sites (N-methyl/N-ethyl adjacent to an activating group) is 1. The number of carbonyl (C=O) groups excluding carboxylic acids is 1. The van der Waals surface area contributed by atoms with Gasteiger partial charge in [0, 0.05) is 19.0 Å². The van der Waals surface area contributed by atoms with Gasteiger partial charge in [-0.3, -0.25) is 9.59 Å². The number of carboxylic acids is 1. The average molecular weight is 345 g/mol. The normalized spacial score (nSPS) is 10.6. The van der Waals surface area contributed by atoms with Crippen LogP contribution in [0.3, 0.4) is 0 Å². The molecule has 112 valence electrons. The van der Waals surface area contributed by atoms with Gasteiger partial charge < -0.3 is 10.0 Å². The van der Waals surface area contributed by atoms with Crippen molar-refractivity contribution in [2.45, 2.75) is 12.8 Å². The summed E-state index contributed by atoms with van der Waals surface area (Å²) in [4.78, 5) is 29.2. The first-order valence-electron chi connectivity index (χ1n) is 6.11. The summed E-state index contributed by atoms with van der Waals surface area (Å²) >= 11 is 8.80. The number of thiazole rings is 1. The van der Waals surface area contributed by atoms with E-state index in [1.165, 1.54) is 27.6 Å². The van der Waals surface area contributed by atoms with Crippen molar-refractivity contribution in [2.24, 2.45) is 0 Å². The molecule has 0 radical (unpaired) electrons. The van der Waals surface area contributed by atoms with Crippen LogP contribution in [0.25, 0.3) is 9.88 Å². The molecule has 5 nitrogen and oxygen atoms in total. The van der Waals surface area contributed by atoms with E-state index in [0.29, 0.717) is 10.0 Å². The third-order valence-corrected chi connectivity index (χ3v) is 5.05. The van der Waals surface area contributed by atoms with E-state index in [4.69, 9.17) is 16.7 Å². The topological polar surface area (TPSA) is 70.5 Å². The number of thiophene rings is 1. The van der Waals surface area contributed by atoms with Crippen LogP contribution in [0.5, 0.6) is 0 Å². The molecule has 2 heterocycles. The molecule has 8 heteroatoms. The second-order valence-corrected chi connectivity index (χ2v) is 6.96. The number of nitrogens with zero attached hydrogens (tertiary/aromatic N) is 2. The van der Waals surface area contributed by atoms with Crippen molar-refractivity contribution in [3.8, 4) is 9.88 Å². The molecule has 0 bridgehead atoms. The van der Waals surface area contributed by atoms with Gasteiger partial charge in [0.15, 0.2) is 0 Å². The molecule has 1 N–H and O–H groups in total. The molecule has 0 aliphatic heterocycles. The summed E-state index contributed by atoms with van der Waals surface area (Å²) in [5, 5.41) is 11.3. The highest BCUT2D eigenvalue weighted by atomic mass is 35.5. The molecule has 21 heavy (non-hydrogen) atoms. The number of aromatic nitrogens is 1. The molecular weight excluding hydrogens is 332 g/mol. The molecule has 2 rings (SSSR count). The Balaban J connectivity index is 1.96. The highest BCUT2D eigenvalue weighted by Gasteiger charge is 2.14. The summed E-state index contributed by atoms with van der Waals surface area (Å²) in [6, 6.07) is 3.71. The predicted octanol–water partition coefficient (Wildman–Crippen LogP) is 3.00. The smallest absolute Gasteiger partial charge is 0.305 e. The number of carboxylic acid groups (broad SMARTS) is 1. The lowest BCUT2D eigenvalue weighted by atomic mass is 10.3. The van der Waals surface area contributed by atoms with Crippen LogP contribution in [0.2, 0.25) is 4.34 Å². The summed E-state index contributed by atoms with van der Waals surface area (Å²) < 4.78 is 0.700. The van der Waals surface area contributed by atoms with E-state index < -0.39 is 5.97 Å². The number of rotatable bonds is 6. The maximum absolute atomic E-state index is 12.0. The van der Waals surface area contributed by atoms with Crippen molar-refractivity contribution in [3.05, 3.63) is 27.5 Å². The first-order valence-corrected chi connectivity index (χ1v) is 8.19. The van der Waals surface area contributed by atoms with E-state index in [2.05, 4.69) is 4.98 Å². The van der Waals surface area contributed by atoms with Crippen LogP contribution in [0.1, 0.15) is 12.1 Å². The highest BCUT2D eigenvalue weighted by molar-refractivity contribution is 7.23. The molecule has 0 fully saturated rings. The number of hydrogen-bond acceptors (Lipinski definition) is 5. The number of halogens is 1. The Labute approximate surface area is 134 Å². The monoisotopic (exact) mass is 344 g/mol. The molecule has 0 saturated heterocycles. The number of aliphatic carboxylic acids is 1. The molecule has 0 spiro atoms. The van der Waals surface area contributed by atoms with Gasteiger partial charge in [-0.1, -0.05) is 11.6 Å². The maximum Gasteiger partial charge on any atom is 0.305 e. The van der Waals surface area contributed by atoms with Gasteiger partial charge in [-0.2, -0.15) is 0 Å². The van der Waals surface area contributed by atoms with Crippen LogP contribution in [0.15, 0.2) is 17.5 Å². The van der Waals surface area contributed by atoms with Gasteiger partial charge in [0.25, 0.3) is 0 Å². The molecule has 0 unspecified atom stereocenters. The first-order chi connectivity index (χ1) is 9.95. The van der Waals surface area contributed by atoms with Crippen LogP contribution < -0.4 is 0 Å². The fraction of sp³-hybridized carbons (Fsp3) is 0.308. The standard InChI is InChI=1S/C13H13ClN2O3S2/c1-16(5-4-12(18)19)11(17)6-8-7-20-13(15-8)9-2-3-10(14)21-9/h2-3,7H,4-6H2,1H3,(H,18,19). The molecule has 1 amide bonds. The zero-order valence-electron chi connectivity index (χ0n) is 11.2. The van der Waals surface area contributed by atoms with Crippen molar-refractivity contribution < 1.29 is 14.7 Å². The fourth-order valence-corrected chi connectivity index (χ4v) is 3.54. The summed E-state index contributed by atoms with van der Waals surface area (Å²) in [5.41, 5.74) is 0.687. The van der Waals surface area contributed by atoms with Gasteiger partial charge in [0.1, 0.15) is 5.01 Å². The SMILES string of the molecule is CN(CCC(=O)O)C(=O)Cc1csc(-c2ccc(Cl)s2)n1. The van der Waals surface area contributed by atoms with Crippen LogP contribution in [-0.2, 0) is 16.0 Å². The molecule has 0 atom stereocenters. The van der Waals surface area contributed by atoms with Gasteiger partial charge in [0.2, 0.25) is 5.91 Å². The highest BCUT2D eigenvalue weighted by Crippen LogP contribution is 2.32. The molecule has 0 saturated carbocycles. The third kappa shape index (κ3) is 4.52. The minimum absolute atomic E-state index is 0.0573. The van der Waals surface area contributed by atoms with E-state index in [-0.39, 0.29) is 25.3 Å². The van der Waals surface area contributed by atoms with E-state index in [9.17, 15) is 9.59 Å². The first kappa shape index (κ1) is 15.9.